The molecule has 6 heteroatoms. The highest BCUT2D eigenvalue weighted by molar-refractivity contribution is 7.17. The van der Waals surface area contributed by atoms with E-state index in [1.807, 2.05) is 11.5 Å². The lowest BCUT2D eigenvalue weighted by Gasteiger charge is -2.09. The average Bonchev–Trinajstić information content (AvgIpc) is 2.93. The van der Waals surface area contributed by atoms with Gasteiger partial charge < -0.3 is 9.67 Å². The zero-order chi connectivity index (χ0) is 14.0. The average molecular weight is 279 g/mol. The zero-order valence-corrected chi connectivity index (χ0v) is 12.1. The van der Waals surface area contributed by atoms with Crippen molar-refractivity contribution >= 4 is 17.3 Å². The molecule has 2 rings (SSSR count). The number of thiazole rings is 1. The molecule has 0 saturated carbocycles. The van der Waals surface area contributed by atoms with Gasteiger partial charge in [0.1, 0.15) is 9.88 Å². The highest BCUT2D eigenvalue weighted by Gasteiger charge is 2.19. The summed E-state index contributed by atoms with van der Waals surface area (Å²) in [5.74, 6) is -0.900. The molecule has 19 heavy (non-hydrogen) atoms. The Kier molecular flexibility index (Phi) is 3.99. The predicted molar refractivity (Wildman–Crippen MR) is 74.7 cm³/mol. The molecule has 2 aromatic rings. The molecule has 0 atom stereocenters. The highest BCUT2D eigenvalue weighted by Crippen LogP contribution is 2.30. The smallest absolute Gasteiger partial charge is 0.347 e. The minimum Gasteiger partial charge on any atom is -0.477 e. The quantitative estimate of drug-likeness (QED) is 0.912. The van der Waals surface area contributed by atoms with Crippen molar-refractivity contribution in [2.45, 2.75) is 39.7 Å². The molecule has 0 unspecified atom stereocenters. The molecule has 2 aromatic heterocycles. The second-order valence-corrected chi connectivity index (χ2v) is 5.63. The monoisotopic (exact) mass is 279 g/mol. The van der Waals surface area contributed by atoms with Crippen LogP contribution in [-0.4, -0.2) is 25.6 Å². The number of carbonyl (C=O) groups is 1. The predicted octanol–water partition coefficient (Wildman–Crippen LogP) is 3.24. The molecule has 2 heterocycles. The van der Waals surface area contributed by atoms with Crippen molar-refractivity contribution < 1.29 is 9.90 Å². The summed E-state index contributed by atoms with van der Waals surface area (Å²) in [7, 11) is 0. The Morgan fingerprint density at radius 1 is 1.53 bits per heavy atom. The van der Waals surface area contributed by atoms with Gasteiger partial charge in [-0.25, -0.2) is 14.8 Å². The van der Waals surface area contributed by atoms with E-state index in [2.05, 4.69) is 23.8 Å². The number of rotatable bonds is 5. The Morgan fingerprint density at radius 2 is 2.26 bits per heavy atom. The normalized spacial score (nSPS) is 11.2. The van der Waals surface area contributed by atoms with Crippen molar-refractivity contribution in [3.63, 3.8) is 0 Å². The number of aromatic carboxylic acids is 1. The SMILES string of the molecule is CCCc1nc(-c2cncn2C(C)C)sc1C(=O)O. The Labute approximate surface area is 115 Å². The van der Waals surface area contributed by atoms with E-state index in [9.17, 15) is 9.90 Å². The van der Waals surface area contributed by atoms with Gasteiger partial charge in [-0.3, -0.25) is 0 Å². The second kappa shape index (κ2) is 5.52. The van der Waals surface area contributed by atoms with Crippen LogP contribution in [0.15, 0.2) is 12.5 Å². The summed E-state index contributed by atoms with van der Waals surface area (Å²) in [5.41, 5.74) is 1.55. The molecule has 0 aliphatic carbocycles. The topological polar surface area (TPSA) is 68.0 Å². The fraction of sp³-hybridized carbons (Fsp3) is 0.462. The maximum atomic E-state index is 11.2. The van der Waals surface area contributed by atoms with Crippen LogP contribution in [0.4, 0.5) is 0 Å². The van der Waals surface area contributed by atoms with Crippen LogP contribution in [0, 0.1) is 0 Å². The van der Waals surface area contributed by atoms with Gasteiger partial charge >= 0.3 is 5.97 Å². The first kappa shape index (κ1) is 13.7. The first-order valence-corrected chi connectivity index (χ1v) is 7.11. The summed E-state index contributed by atoms with van der Waals surface area (Å²) >= 11 is 1.23. The minimum atomic E-state index is -0.900. The number of hydrogen-bond donors (Lipinski definition) is 1. The standard InChI is InChI=1S/C13H17N3O2S/c1-4-5-9-11(13(17)18)19-12(15-9)10-6-14-7-16(10)8(2)3/h6-8H,4-5H2,1-3H3,(H,17,18). The van der Waals surface area contributed by atoms with Crippen molar-refractivity contribution in [3.8, 4) is 10.7 Å². The molecular weight excluding hydrogens is 262 g/mol. The number of carboxylic acid groups (broad SMARTS) is 1. The van der Waals surface area contributed by atoms with Gasteiger partial charge in [-0.15, -0.1) is 11.3 Å². The second-order valence-electron chi connectivity index (χ2n) is 4.63. The molecule has 0 bridgehead atoms. The summed E-state index contributed by atoms with van der Waals surface area (Å²) in [6, 6.07) is 0.268. The number of hydrogen-bond acceptors (Lipinski definition) is 4. The minimum absolute atomic E-state index is 0.268. The third kappa shape index (κ3) is 2.68. The van der Waals surface area contributed by atoms with E-state index in [1.54, 1.807) is 12.5 Å². The first-order chi connectivity index (χ1) is 9.04. The van der Waals surface area contributed by atoms with Crippen molar-refractivity contribution in [2.24, 2.45) is 0 Å². The lowest BCUT2D eigenvalue weighted by atomic mass is 10.2. The summed E-state index contributed by atoms with van der Waals surface area (Å²) in [6.07, 6.45) is 5.06. The van der Waals surface area contributed by atoms with Crippen molar-refractivity contribution in [1.29, 1.82) is 0 Å². The molecular formula is C13H17N3O2S. The van der Waals surface area contributed by atoms with Crippen LogP contribution < -0.4 is 0 Å². The lowest BCUT2D eigenvalue weighted by Crippen LogP contribution is -2.00. The number of carboxylic acids is 1. The molecule has 5 nitrogen and oxygen atoms in total. The molecule has 0 spiro atoms. The van der Waals surface area contributed by atoms with Gasteiger partial charge in [-0.05, 0) is 20.3 Å². The van der Waals surface area contributed by atoms with Crippen LogP contribution in [0.1, 0.15) is 48.6 Å². The fourth-order valence-electron chi connectivity index (χ4n) is 1.92. The maximum absolute atomic E-state index is 11.2. The number of aromatic nitrogens is 3. The maximum Gasteiger partial charge on any atom is 0.347 e. The number of aryl methyl sites for hydroxylation is 1. The van der Waals surface area contributed by atoms with Crippen LogP contribution >= 0.6 is 11.3 Å². The molecule has 0 saturated heterocycles. The van der Waals surface area contributed by atoms with Crippen LogP contribution in [0.2, 0.25) is 0 Å². The Bertz CT molecular complexity index is 586. The van der Waals surface area contributed by atoms with Gasteiger partial charge in [0, 0.05) is 6.04 Å². The van der Waals surface area contributed by atoms with E-state index in [4.69, 9.17) is 0 Å². The summed E-state index contributed by atoms with van der Waals surface area (Å²) < 4.78 is 2.00. The van der Waals surface area contributed by atoms with Crippen LogP contribution in [0.3, 0.4) is 0 Å². The van der Waals surface area contributed by atoms with Crippen molar-refractivity contribution in [1.82, 2.24) is 14.5 Å². The lowest BCUT2D eigenvalue weighted by molar-refractivity contribution is 0.0700. The van der Waals surface area contributed by atoms with Crippen molar-refractivity contribution in [3.05, 3.63) is 23.1 Å². The summed E-state index contributed by atoms with van der Waals surface area (Å²) in [6.45, 7) is 6.14. The van der Waals surface area contributed by atoms with Crippen LogP contribution in [0.25, 0.3) is 10.7 Å². The first-order valence-electron chi connectivity index (χ1n) is 6.29. The van der Waals surface area contributed by atoms with E-state index >= 15 is 0 Å². The van der Waals surface area contributed by atoms with E-state index in [-0.39, 0.29) is 6.04 Å². The molecule has 0 fully saturated rings. The molecule has 1 N–H and O–H groups in total. The number of imidazole rings is 1. The van der Waals surface area contributed by atoms with E-state index in [1.165, 1.54) is 11.3 Å². The zero-order valence-electron chi connectivity index (χ0n) is 11.3. The van der Waals surface area contributed by atoms with Gasteiger partial charge in [0.2, 0.25) is 0 Å². The Hall–Kier alpha value is -1.69. The van der Waals surface area contributed by atoms with E-state index in [0.29, 0.717) is 17.0 Å². The molecule has 0 aromatic carbocycles. The molecule has 0 aliphatic rings. The third-order valence-corrected chi connectivity index (χ3v) is 3.93. The van der Waals surface area contributed by atoms with Gasteiger partial charge in [-0.1, -0.05) is 13.3 Å². The molecule has 102 valence electrons. The highest BCUT2D eigenvalue weighted by atomic mass is 32.1. The van der Waals surface area contributed by atoms with Crippen LogP contribution in [0.5, 0.6) is 0 Å². The Morgan fingerprint density at radius 3 is 2.84 bits per heavy atom. The fourth-order valence-corrected chi connectivity index (χ4v) is 2.88. The third-order valence-electron chi connectivity index (χ3n) is 2.82. The van der Waals surface area contributed by atoms with Crippen LogP contribution in [-0.2, 0) is 6.42 Å². The van der Waals surface area contributed by atoms with Gasteiger partial charge in [-0.2, -0.15) is 0 Å². The summed E-state index contributed by atoms with van der Waals surface area (Å²) in [4.78, 5) is 20.2. The summed E-state index contributed by atoms with van der Waals surface area (Å²) in [5, 5.41) is 9.96. The molecule has 0 amide bonds. The Balaban J connectivity index is 2.48. The van der Waals surface area contributed by atoms with Crippen molar-refractivity contribution in [2.75, 3.05) is 0 Å². The number of nitrogens with zero attached hydrogens (tertiary/aromatic N) is 3. The van der Waals surface area contributed by atoms with Gasteiger partial charge in [0.05, 0.1) is 23.9 Å². The molecule has 0 radical (unpaired) electrons. The van der Waals surface area contributed by atoms with Gasteiger partial charge in [0.15, 0.2) is 0 Å². The van der Waals surface area contributed by atoms with Gasteiger partial charge in [0.25, 0.3) is 0 Å². The molecule has 0 aliphatic heterocycles. The van der Waals surface area contributed by atoms with E-state index in [0.717, 1.165) is 17.1 Å². The van der Waals surface area contributed by atoms with E-state index < -0.39 is 5.97 Å². The largest absolute Gasteiger partial charge is 0.477 e.